The third kappa shape index (κ3) is 7.12. The third-order valence-electron chi connectivity index (χ3n) is 3.03. The number of hydrogen-bond donors (Lipinski definition) is 0. The number of benzene rings is 1. The van der Waals surface area contributed by atoms with Gasteiger partial charge in [-0.05, 0) is 12.1 Å². The predicted molar refractivity (Wildman–Crippen MR) is 113 cm³/mol. The first-order chi connectivity index (χ1) is 11.4. The average Bonchev–Trinajstić information content (AvgIpc) is 2.38. The normalized spacial score (nSPS) is 12.6. The molecule has 0 saturated carbocycles. The second-order valence-corrected chi connectivity index (χ2v) is 21.9. The lowest BCUT2D eigenvalue weighted by Crippen LogP contribution is -2.17. The van der Waals surface area contributed by atoms with Crippen LogP contribution in [-0.4, -0.2) is 45.5 Å². The number of hydrogen-bond acceptors (Lipinski definition) is 4. The van der Waals surface area contributed by atoms with Crippen molar-refractivity contribution in [2.24, 2.45) is 0 Å². The molecule has 0 unspecified atom stereocenters. The molecule has 0 saturated heterocycles. The lowest BCUT2D eigenvalue weighted by atomic mass is 10.1. The van der Waals surface area contributed by atoms with E-state index >= 15 is 0 Å². The summed E-state index contributed by atoms with van der Waals surface area (Å²) in [6, 6.07) is 2.71. The van der Waals surface area contributed by atoms with Crippen LogP contribution in [0.2, 0.25) is 39.3 Å². The van der Waals surface area contributed by atoms with Crippen molar-refractivity contribution in [3.8, 4) is 22.9 Å². The first-order valence-corrected chi connectivity index (χ1v) is 18.8. The van der Waals surface area contributed by atoms with Crippen molar-refractivity contribution >= 4 is 35.8 Å². The minimum atomic E-state index is -3.58. The Morgan fingerprint density at radius 1 is 0.654 bits per heavy atom. The van der Waals surface area contributed by atoms with Crippen molar-refractivity contribution in [1.82, 2.24) is 0 Å². The Balaban J connectivity index is 3.95. The molecule has 1 rings (SSSR count). The minimum Gasteiger partial charge on any atom is -0.224 e. The van der Waals surface area contributed by atoms with Gasteiger partial charge in [-0.25, -0.2) is 16.8 Å². The first-order valence-electron chi connectivity index (χ1n) is 8.05. The van der Waals surface area contributed by atoms with Crippen LogP contribution in [0.4, 0.5) is 0 Å². The van der Waals surface area contributed by atoms with E-state index in [9.17, 15) is 16.8 Å². The van der Waals surface area contributed by atoms with Gasteiger partial charge in [0.05, 0.1) is 9.79 Å². The average molecular weight is 427 g/mol. The molecule has 0 bridgehead atoms. The summed E-state index contributed by atoms with van der Waals surface area (Å²) in [4.78, 5) is 0.0473. The quantitative estimate of drug-likeness (QED) is 0.538. The minimum absolute atomic E-state index is 0.0236. The summed E-state index contributed by atoms with van der Waals surface area (Å²) in [5, 5.41) is 0. The van der Waals surface area contributed by atoms with Crippen molar-refractivity contribution in [2.45, 2.75) is 49.1 Å². The molecule has 0 radical (unpaired) electrons. The van der Waals surface area contributed by atoms with Crippen molar-refractivity contribution in [3.63, 3.8) is 0 Å². The molecule has 0 aliphatic rings. The summed E-state index contributed by atoms with van der Waals surface area (Å²) in [5.41, 5.74) is 6.64. The predicted octanol–water partition coefficient (Wildman–Crippen LogP) is 2.95. The smallest absolute Gasteiger partial charge is 0.176 e. The molecule has 0 heterocycles. The van der Waals surface area contributed by atoms with Gasteiger partial charge in [-0.15, -0.1) is 11.1 Å². The van der Waals surface area contributed by atoms with Crippen molar-refractivity contribution in [1.29, 1.82) is 0 Å². The monoisotopic (exact) mass is 426 g/mol. The maximum absolute atomic E-state index is 12.2. The standard InChI is InChI=1S/C18H26O4S2Si2/c1-23(19,20)17-13-16(10-12-26(6,7)8)18(24(2,21)22)14-15(17)9-11-25(3,4)5/h13-14H,1-8H3. The van der Waals surface area contributed by atoms with E-state index in [4.69, 9.17) is 0 Å². The molecule has 0 spiro atoms. The molecule has 0 N–H and O–H groups in total. The van der Waals surface area contributed by atoms with E-state index < -0.39 is 35.8 Å². The van der Waals surface area contributed by atoms with Gasteiger partial charge in [0, 0.05) is 23.6 Å². The van der Waals surface area contributed by atoms with Crippen molar-refractivity contribution in [2.75, 3.05) is 12.5 Å². The lowest BCUT2D eigenvalue weighted by Gasteiger charge is -2.11. The van der Waals surface area contributed by atoms with Crippen molar-refractivity contribution < 1.29 is 16.8 Å². The summed E-state index contributed by atoms with van der Waals surface area (Å²) in [6.45, 7) is 12.2. The van der Waals surface area contributed by atoms with Crippen LogP contribution in [0.1, 0.15) is 11.1 Å². The molecule has 0 atom stereocenters. The van der Waals surface area contributed by atoms with Gasteiger partial charge in [0.1, 0.15) is 16.1 Å². The Morgan fingerprint density at radius 2 is 0.923 bits per heavy atom. The maximum Gasteiger partial charge on any atom is 0.176 e. The molecular weight excluding hydrogens is 401 g/mol. The summed E-state index contributed by atoms with van der Waals surface area (Å²) >= 11 is 0. The van der Waals surface area contributed by atoms with Crippen LogP contribution in [0, 0.1) is 22.9 Å². The molecule has 0 fully saturated rings. The lowest BCUT2D eigenvalue weighted by molar-refractivity contribution is 0.597. The van der Waals surface area contributed by atoms with E-state index in [2.05, 4.69) is 22.9 Å². The number of rotatable bonds is 2. The van der Waals surface area contributed by atoms with Gasteiger partial charge in [-0.3, -0.25) is 0 Å². The largest absolute Gasteiger partial charge is 0.224 e. The van der Waals surface area contributed by atoms with E-state index in [1.54, 1.807) is 0 Å². The number of sulfone groups is 2. The van der Waals surface area contributed by atoms with Gasteiger partial charge in [0.2, 0.25) is 0 Å². The van der Waals surface area contributed by atoms with Crippen LogP contribution >= 0.6 is 0 Å². The molecule has 0 amide bonds. The molecular formula is C18H26O4S2Si2. The highest BCUT2D eigenvalue weighted by molar-refractivity contribution is 7.91. The molecule has 4 nitrogen and oxygen atoms in total. The third-order valence-corrected chi connectivity index (χ3v) is 7.05. The molecule has 1 aromatic rings. The fourth-order valence-corrected chi connectivity index (χ4v) is 4.58. The topological polar surface area (TPSA) is 68.3 Å². The fraction of sp³-hybridized carbons (Fsp3) is 0.444. The molecule has 26 heavy (non-hydrogen) atoms. The summed E-state index contributed by atoms with van der Waals surface area (Å²) in [6.07, 6.45) is 2.19. The zero-order valence-electron chi connectivity index (χ0n) is 16.6. The SMILES string of the molecule is C[Si](C)(C)C#Cc1cc(S(C)(=O)=O)c(C#C[Si](C)(C)C)cc1S(C)(=O)=O. The van der Waals surface area contributed by atoms with E-state index in [0.29, 0.717) is 0 Å². The Bertz CT molecular complexity index is 961. The zero-order valence-corrected chi connectivity index (χ0v) is 20.2. The van der Waals surface area contributed by atoms with Gasteiger partial charge in [-0.2, -0.15) is 0 Å². The van der Waals surface area contributed by atoms with E-state index in [1.807, 2.05) is 39.3 Å². The van der Waals surface area contributed by atoms with E-state index in [-0.39, 0.29) is 20.9 Å². The second-order valence-electron chi connectivity index (χ2n) is 8.39. The summed E-state index contributed by atoms with van der Waals surface area (Å²) in [7, 11) is -10.7. The highest BCUT2D eigenvalue weighted by Gasteiger charge is 2.21. The van der Waals surface area contributed by atoms with Crippen molar-refractivity contribution in [3.05, 3.63) is 23.3 Å². The van der Waals surface area contributed by atoms with Gasteiger partial charge in [-0.1, -0.05) is 51.1 Å². The fourth-order valence-electron chi connectivity index (χ4n) is 1.88. The van der Waals surface area contributed by atoms with Crippen LogP contribution in [0.15, 0.2) is 21.9 Å². The van der Waals surface area contributed by atoms with Gasteiger partial charge in [0.15, 0.2) is 19.7 Å². The molecule has 0 aliphatic carbocycles. The molecule has 1 aromatic carbocycles. The van der Waals surface area contributed by atoms with Gasteiger partial charge < -0.3 is 0 Å². The van der Waals surface area contributed by atoms with Gasteiger partial charge >= 0.3 is 0 Å². The van der Waals surface area contributed by atoms with Crippen LogP contribution < -0.4 is 0 Å². The highest BCUT2D eigenvalue weighted by Crippen LogP contribution is 2.24. The van der Waals surface area contributed by atoms with Crippen LogP contribution in [0.25, 0.3) is 0 Å². The van der Waals surface area contributed by atoms with Crippen LogP contribution in [0.5, 0.6) is 0 Å². The molecule has 0 aliphatic heterocycles. The summed E-state index contributed by atoms with van der Waals surface area (Å²) in [5.74, 6) is 5.80. The highest BCUT2D eigenvalue weighted by atomic mass is 32.2. The molecule has 142 valence electrons. The maximum atomic E-state index is 12.2. The van der Waals surface area contributed by atoms with E-state index in [0.717, 1.165) is 12.5 Å². The Hall–Kier alpha value is -1.33. The Morgan fingerprint density at radius 3 is 1.12 bits per heavy atom. The first kappa shape index (κ1) is 22.7. The second kappa shape index (κ2) is 7.36. The molecule has 0 aromatic heterocycles. The Labute approximate surface area is 160 Å². The van der Waals surface area contributed by atoms with E-state index in [1.165, 1.54) is 12.1 Å². The Kier molecular flexibility index (Phi) is 6.43. The summed E-state index contributed by atoms with van der Waals surface area (Å²) < 4.78 is 49.0. The molecule has 8 heteroatoms. The zero-order chi connectivity index (χ0) is 20.6. The van der Waals surface area contributed by atoms with Crippen LogP contribution in [-0.2, 0) is 19.7 Å². The van der Waals surface area contributed by atoms with Gasteiger partial charge in [0.25, 0.3) is 0 Å². The van der Waals surface area contributed by atoms with Crippen LogP contribution in [0.3, 0.4) is 0 Å².